The van der Waals surface area contributed by atoms with Crippen LogP contribution in [0.5, 0.6) is 5.75 Å². The quantitative estimate of drug-likeness (QED) is 0.289. The molecular weight excluding hydrogens is 694 g/mol. The van der Waals surface area contributed by atoms with Gasteiger partial charge < -0.3 is 9.08 Å². The SMILES string of the molecule is CCN1C2=C(C(=O)CC(C)(C)C2)C(c2cc(Br)c(OS(=O)(=O)c3ccc(Cl)cc3)c(Br)c2)C2=C1CC(C)(C)CC2=O. The monoisotopic (exact) mass is 723 g/mol. The molecule has 0 saturated carbocycles. The van der Waals surface area contributed by atoms with Crippen molar-refractivity contribution in [1.29, 1.82) is 0 Å². The smallest absolute Gasteiger partial charge is 0.339 e. The summed E-state index contributed by atoms with van der Waals surface area (Å²) in [6.07, 6.45) is 2.25. The zero-order valence-corrected chi connectivity index (χ0v) is 28.4. The Morgan fingerprint density at radius 1 is 0.878 bits per heavy atom. The second-order valence-corrected chi connectivity index (χ2v) is 16.3. The fourth-order valence-corrected chi connectivity index (χ4v) is 9.04. The molecule has 41 heavy (non-hydrogen) atoms. The molecule has 0 aromatic heterocycles. The maximum Gasteiger partial charge on any atom is 0.339 e. The van der Waals surface area contributed by atoms with Crippen LogP contribution in [-0.2, 0) is 19.7 Å². The van der Waals surface area contributed by atoms with Crippen LogP contribution >= 0.6 is 43.5 Å². The molecule has 3 aliphatic rings. The minimum Gasteiger partial charge on any atom is -0.377 e. The number of hydrogen-bond donors (Lipinski definition) is 0. The molecule has 2 aliphatic carbocycles. The Kier molecular flexibility index (Phi) is 7.93. The van der Waals surface area contributed by atoms with E-state index < -0.39 is 16.0 Å². The molecule has 0 unspecified atom stereocenters. The van der Waals surface area contributed by atoms with Crippen molar-refractivity contribution in [3.05, 3.63) is 78.5 Å². The highest BCUT2D eigenvalue weighted by Gasteiger charge is 2.48. The number of carbonyl (C=O) groups excluding carboxylic acids is 2. The van der Waals surface area contributed by atoms with E-state index in [2.05, 4.69) is 71.4 Å². The van der Waals surface area contributed by atoms with E-state index in [1.54, 1.807) is 12.1 Å². The van der Waals surface area contributed by atoms with E-state index in [0.717, 1.165) is 29.8 Å². The van der Waals surface area contributed by atoms with Crippen LogP contribution in [0.1, 0.15) is 71.8 Å². The molecule has 0 radical (unpaired) electrons. The summed E-state index contributed by atoms with van der Waals surface area (Å²) in [5.74, 6) is -0.390. The predicted molar refractivity (Wildman–Crippen MR) is 166 cm³/mol. The van der Waals surface area contributed by atoms with Gasteiger partial charge in [-0.1, -0.05) is 39.3 Å². The van der Waals surface area contributed by atoms with Crippen molar-refractivity contribution in [2.75, 3.05) is 6.54 Å². The minimum atomic E-state index is -4.16. The third-order valence-corrected chi connectivity index (χ3v) is 10.7. The van der Waals surface area contributed by atoms with E-state index in [-0.39, 0.29) is 33.0 Å². The van der Waals surface area contributed by atoms with Gasteiger partial charge in [0.2, 0.25) is 0 Å². The average molecular weight is 726 g/mol. The summed E-state index contributed by atoms with van der Waals surface area (Å²) in [5, 5.41) is 0.411. The lowest BCUT2D eigenvalue weighted by molar-refractivity contribution is -0.119. The van der Waals surface area contributed by atoms with Crippen LogP contribution in [0.25, 0.3) is 0 Å². The summed E-state index contributed by atoms with van der Waals surface area (Å²) >= 11 is 13.0. The second kappa shape index (κ2) is 10.6. The molecule has 6 nitrogen and oxygen atoms in total. The zero-order chi connectivity index (χ0) is 30.1. The molecule has 0 atom stereocenters. The van der Waals surface area contributed by atoms with E-state index in [1.165, 1.54) is 24.3 Å². The van der Waals surface area contributed by atoms with Gasteiger partial charge in [0.25, 0.3) is 0 Å². The lowest BCUT2D eigenvalue weighted by atomic mass is 9.63. The first-order valence-corrected chi connectivity index (χ1v) is 16.9. The van der Waals surface area contributed by atoms with Gasteiger partial charge in [0.05, 0.1) is 8.95 Å². The second-order valence-electron chi connectivity index (χ2n) is 12.6. The van der Waals surface area contributed by atoms with Crippen molar-refractivity contribution >= 4 is 65.1 Å². The number of benzene rings is 2. The number of hydrogen-bond acceptors (Lipinski definition) is 6. The molecular formula is C31H32Br2ClNO5S. The first-order valence-electron chi connectivity index (χ1n) is 13.5. The fourth-order valence-electron chi connectivity index (χ4n) is 6.35. The number of ketones is 2. The summed E-state index contributed by atoms with van der Waals surface area (Å²) in [7, 11) is -4.16. The number of Topliss-reactive ketones (excluding diaryl/α,β-unsaturated/α-hetero) is 2. The Morgan fingerprint density at radius 2 is 1.34 bits per heavy atom. The van der Waals surface area contributed by atoms with Crippen LogP contribution < -0.4 is 4.18 Å². The Morgan fingerprint density at radius 3 is 1.78 bits per heavy atom. The molecule has 0 amide bonds. The van der Waals surface area contributed by atoms with E-state index in [0.29, 0.717) is 44.5 Å². The molecule has 2 aromatic carbocycles. The highest BCUT2D eigenvalue weighted by molar-refractivity contribution is 9.11. The topological polar surface area (TPSA) is 80.8 Å². The summed E-state index contributed by atoms with van der Waals surface area (Å²) in [5.41, 5.74) is 3.63. The van der Waals surface area contributed by atoms with Crippen LogP contribution in [0.2, 0.25) is 5.02 Å². The van der Waals surface area contributed by atoms with Gasteiger partial charge in [0, 0.05) is 52.9 Å². The third-order valence-electron chi connectivity index (χ3n) is 7.99. The van der Waals surface area contributed by atoms with E-state index >= 15 is 0 Å². The third kappa shape index (κ3) is 5.71. The first kappa shape index (κ1) is 30.5. The molecule has 1 heterocycles. The predicted octanol–water partition coefficient (Wildman–Crippen LogP) is 8.34. The highest BCUT2D eigenvalue weighted by atomic mass is 79.9. The van der Waals surface area contributed by atoms with E-state index in [1.807, 2.05) is 0 Å². The standard InChI is InChI=1S/C31H32Br2ClNO5S/c1-6-35-22-13-30(2,3)15-24(36)27(22)26(28-23(35)14-31(4,5)16-25(28)37)17-11-20(32)29(21(33)12-17)40-41(38,39)19-9-7-18(34)8-10-19/h7-12,26H,6,13-16H2,1-5H3. The zero-order valence-electron chi connectivity index (χ0n) is 23.6. The van der Waals surface area contributed by atoms with Gasteiger partial charge in [-0.05, 0) is 104 Å². The number of carbonyl (C=O) groups is 2. The molecule has 0 saturated heterocycles. The van der Waals surface area contributed by atoms with Crippen LogP contribution in [0, 0.1) is 10.8 Å². The highest BCUT2D eigenvalue weighted by Crippen LogP contribution is 2.55. The normalized spacial score (nSPS) is 20.7. The van der Waals surface area contributed by atoms with Crippen molar-refractivity contribution in [2.45, 2.75) is 71.1 Å². The Hall–Kier alpha value is -1.94. The largest absolute Gasteiger partial charge is 0.377 e. The summed E-state index contributed by atoms with van der Waals surface area (Å²) in [6.45, 7) is 11.2. The van der Waals surface area contributed by atoms with Gasteiger partial charge in [-0.25, -0.2) is 0 Å². The maximum atomic E-state index is 13.8. The number of allylic oxidation sites excluding steroid dienone is 4. The number of nitrogens with zero attached hydrogens (tertiary/aromatic N) is 1. The fraction of sp³-hybridized carbons (Fsp3) is 0.419. The number of halogens is 3. The molecule has 0 fully saturated rings. The van der Waals surface area contributed by atoms with E-state index in [4.69, 9.17) is 15.8 Å². The summed E-state index contributed by atoms with van der Waals surface area (Å²) < 4.78 is 32.4. The van der Waals surface area contributed by atoms with Gasteiger partial charge in [0.15, 0.2) is 17.3 Å². The Balaban J connectivity index is 1.66. The lowest BCUT2D eigenvalue weighted by Gasteiger charge is -2.49. The molecule has 0 spiro atoms. The van der Waals surface area contributed by atoms with Crippen molar-refractivity contribution in [3.8, 4) is 5.75 Å². The minimum absolute atomic E-state index is 0.0351. The van der Waals surface area contributed by atoms with Gasteiger partial charge in [-0.15, -0.1) is 0 Å². The Labute approximate surface area is 263 Å². The maximum absolute atomic E-state index is 13.8. The van der Waals surface area contributed by atoms with Crippen LogP contribution in [-0.4, -0.2) is 31.4 Å². The van der Waals surface area contributed by atoms with E-state index in [9.17, 15) is 18.0 Å². The van der Waals surface area contributed by atoms with Gasteiger partial charge in [-0.2, -0.15) is 8.42 Å². The van der Waals surface area contributed by atoms with Gasteiger partial charge >= 0.3 is 10.1 Å². The molecule has 0 bridgehead atoms. The summed E-state index contributed by atoms with van der Waals surface area (Å²) in [4.78, 5) is 29.9. The van der Waals surface area contributed by atoms with Gasteiger partial charge in [0.1, 0.15) is 4.90 Å². The van der Waals surface area contributed by atoms with Crippen LogP contribution in [0.3, 0.4) is 0 Å². The lowest BCUT2D eigenvalue weighted by Crippen LogP contribution is -2.44. The Bertz CT molecular complexity index is 1560. The van der Waals surface area contributed by atoms with Crippen LogP contribution in [0.4, 0.5) is 0 Å². The number of rotatable bonds is 5. The molecule has 1 aliphatic heterocycles. The van der Waals surface area contributed by atoms with Gasteiger partial charge in [-0.3, -0.25) is 9.59 Å². The van der Waals surface area contributed by atoms with Crippen molar-refractivity contribution in [1.82, 2.24) is 4.90 Å². The first-order chi connectivity index (χ1) is 19.0. The molecule has 2 aromatic rings. The van der Waals surface area contributed by atoms with Crippen LogP contribution in [0.15, 0.2) is 72.8 Å². The summed E-state index contributed by atoms with van der Waals surface area (Å²) in [6, 6.07) is 9.25. The molecule has 0 N–H and O–H groups in total. The molecule has 218 valence electrons. The average Bonchev–Trinajstić information content (AvgIpc) is 2.84. The van der Waals surface area contributed by atoms with Crippen molar-refractivity contribution in [2.24, 2.45) is 10.8 Å². The molecule has 5 rings (SSSR count). The van der Waals surface area contributed by atoms with Crippen molar-refractivity contribution < 1.29 is 22.2 Å². The van der Waals surface area contributed by atoms with Crippen molar-refractivity contribution in [3.63, 3.8) is 0 Å². The molecule has 10 heteroatoms.